The summed E-state index contributed by atoms with van der Waals surface area (Å²) < 4.78 is 23.8. The van der Waals surface area contributed by atoms with Crippen LogP contribution in [0.4, 0.5) is 0 Å². The Hall–Kier alpha value is -0.590. The summed E-state index contributed by atoms with van der Waals surface area (Å²) in [6.45, 7) is 4.86. The van der Waals surface area contributed by atoms with Gasteiger partial charge in [-0.2, -0.15) is 0 Å². The number of halogens is 2. The number of amides is 1. The molecule has 21 heavy (non-hydrogen) atoms. The monoisotopic (exact) mass is 393 g/mol. The van der Waals surface area contributed by atoms with Gasteiger partial charge in [0.05, 0.1) is 4.90 Å². The van der Waals surface area contributed by atoms with E-state index in [1.54, 1.807) is 17.9 Å². The Morgan fingerprint density at radius 2 is 2.05 bits per heavy atom. The average molecular weight is 395 g/mol. The Kier molecular flexibility index (Phi) is 5.00. The molecule has 0 atom stereocenters. The Labute approximate surface area is 138 Å². The molecular formula is C14H17BrClNO3S. The topological polar surface area (TPSA) is 54.5 Å². The summed E-state index contributed by atoms with van der Waals surface area (Å²) in [6, 6.07) is 3.07. The van der Waals surface area contributed by atoms with Gasteiger partial charge in [0.25, 0.3) is 15.0 Å². The molecule has 4 nitrogen and oxygen atoms in total. The summed E-state index contributed by atoms with van der Waals surface area (Å²) in [7, 11) is 1.56. The number of hydrogen-bond acceptors (Lipinski definition) is 3. The van der Waals surface area contributed by atoms with Gasteiger partial charge in [-0.3, -0.25) is 4.79 Å². The third-order valence-corrected chi connectivity index (χ3v) is 5.57. The van der Waals surface area contributed by atoms with Gasteiger partial charge in [-0.1, -0.05) is 15.9 Å². The average Bonchev–Trinajstić information content (AvgIpc) is 3.20. The first kappa shape index (κ1) is 16.8. The lowest BCUT2D eigenvalue weighted by atomic mass is 10.1. The van der Waals surface area contributed by atoms with Crippen LogP contribution in [-0.4, -0.2) is 32.3 Å². The molecule has 1 aromatic rings. The standard InChI is InChI=1S/C14H17BrClNO3S/c1-3-17(8-10-4-5-10)14(18)12-6-11(15)7-13(9(12)2)21(16,19)20/h6-7,10H,3-5,8H2,1-2H3. The molecular weight excluding hydrogens is 378 g/mol. The quantitative estimate of drug-likeness (QED) is 0.718. The molecule has 0 unspecified atom stereocenters. The van der Waals surface area contributed by atoms with Crippen LogP contribution >= 0.6 is 26.6 Å². The number of hydrogen-bond donors (Lipinski definition) is 0. The van der Waals surface area contributed by atoms with Crippen molar-refractivity contribution in [3.8, 4) is 0 Å². The van der Waals surface area contributed by atoms with E-state index >= 15 is 0 Å². The van der Waals surface area contributed by atoms with Gasteiger partial charge in [0.15, 0.2) is 0 Å². The van der Waals surface area contributed by atoms with Crippen molar-refractivity contribution in [1.29, 1.82) is 0 Å². The third-order valence-electron chi connectivity index (χ3n) is 3.66. The van der Waals surface area contributed by atoms with Crippen molar-refractivity contribution in [2.75, 3.05) is 13.1 Å². The number of rotatable bonds is 5. The van der Waals surface area contributed by atoms with Crippen LogP contribution in [0.3, 0.4) is 0 Å². The lowest BCUT2D eigenvalue weighted by molar-refractivity contribution is 0.0756. The predicted molar refractivity (Wildman–Crippen MR) is 86.2 cm³/mol. The van der Waals surface area contributed by atoms with Crippen LogP contribution in [0.25, 0.3) is 0 Å². The van der Waals surface area contributed by atoms with E-state index < -0.39 is 9.05 Å². The second-order valence-corrected chi connectivity index (χ2v) is 8.75. The molecule has 0 spiro atoms. The summed E-state index contributed by atoms with van der Waals surface area (Å²) in [4.78, 5) is 14.4. The zero-order valence-corrected chi connectivity index (χ0v) is 15.1. The fourth-order valence-electron chi connectivity index (χ4n) is 2.27. The normalized spacial score (nSPS) is 15.0. The van der Waals surface area contributed by atoms with Crippen molar-refractivity contribution in [2.24, 2.45) is 5.92 Å². The second-order valence-electron chi connectivity index (χ2n) is 5.30. The summed E-state index contributed by atoms with van der Waals surface area (Å²) >= 11 is 3.25. The van der Waals surface area contributed by atoms with Gasteiger partial charge in [-0.25, -0.2) is 8.42 Å². The van der Waals surface area contributed by atoms with Crippen LogP contribution in [-0.2, 0) is 9.05 Å². The van der Waals surface area contributed by atoms with Crippen molar-refractivity contribution in [3.05, 3.63) is 27.7 Å². The number of carbonyl (C=O) groups excluding carboxylic acids is 1. The van der Waals surface area contributed by atoms with E-state index in [-0.39, 0.29) is 10.8 Å². The molecule has 0 heterocycles. The maximum absolute atomic E-state index is 12.7. The van der Waals surface area contributed by atoms with Crippen molar-refractivity contribution in [3.63, 3.8) is 0 Å². The smallest absolute Gasteiger partial charge is 0.261 e. The molecule has 0 bridgehead atoms. The van der Waals surface area contributed by atoms with E-state index in [2.05, 4.69) is 15.9 Å². The molecule has 1 amide bonds. The Morgan fingerprint density at radius 1 is 1.43 bits per heavy atom. The van der Waals surface area contributed by atoms with Crippen molar-refractivity contribution in [1.82, 2.24) is 4.90 Å². The molecule has 0 N–H and O–H groups in total. The van der Waals surface area contributed by atoms with E-state index in [4.69, 9.17) is 10.7 Å². The van der Waals surface area contributed by atoms with Crippen molar-refractivity contribution < 1.29 is 13.2 Å². The highest BCUT2D eigenvalue weighted by Gasteiger charge is 2.28. The third kappa shape index (κ3) is 3.99. The number of carbonyl (C=O) groups is 1. The number of benzene rings is 1. The van der Waals surface area contributed by atoms with Crippen LogP contribution < -0.4 is 0 Å². The first-order valence-electron chi connectivity index (χ1n) is 6.78. The van der Waals surface area contributed by atoms with Crippen LogP contribution in [0.5, 0.6) is 0 Å². The molecule has 116 valence electrons. The van der Waals surface area contributed by atoms with Crippen LogP contribution in [0.2, 0.25) is 0 Å². The fraction of sp³-hybridized carbons (Fsp3) is 0.500. The lowest BCUT2D eigenvalue weighted by Crippen LogP contribution is -2.33. The van der Waals surface area contributed by atoms with Gasteiger partial charge < -0.3 is 4.90 Å². The van der Waals surface area contributed by atoms with Gasteiger partial charge in [-0.05, 0) is 50.3 Å². The van der Waals surface area contributed by atoms with Gasteiger partial charge in [0, 0.05) is 33.8 Å². The Morgan fingerprint density at radius 3 is 2.52 bits per heavy atom. The van der Waals surface area contributed by atoms with Gasteiger partial charge in [0.2, 0.25) is 0 Å². The fourth-order valence-corrected chi connectivity index (χ4v) is 4.10. The highest BCUT2D eigenvalue weighted by Crippen LogP contribution is 2.32. The van der Waals surface area contributed by atoms with E-state index in [0.29, 0.717) is 28.1 Å². The zero-order chi connectivity index (χ0) is 15.8. The highest BCUT2D eigenvalue weighted by atomic mass is 79.9. The Balaban J connectivity index is 2.42. The summed E-state index contributed by atoms with van der Waals surface area (Å²) in [5.41, 5.74) is 0.776. The second kappa shape index (κ2) is 6.26. The maximum atomic E-state index is 12.7. The zero-order valence-electron chi connectivity index (χ0n) is 11.9. The molecule has 7 heteroatoms. The minimum absolute atomic E-state index is 0.0237. The summed E-state index contributed by atoms with van der Waals surface area (Å²) in [6.07, 6.45) is 2.31. The molecule has 1 aromatic carbocycles. The van der Waals surface area contributed by atoms with E-state index in [1.165, 1.54) is 6.07 Å². The Bertz CT molecular complexity index is 671. The largest absolute Gasteiger partial charge is 0.339 e. The van der Waals surface area contributed by atoms with Crippen molar-refractivity contribution >= 4 is 41.6 Å². The molecule has 0 radical (unpaired) electrons. The van der Waals surface area contributed by atoms with Crippen LogP contribution in [0.15, 0.2) is 21.5 Å². The first-order valence-corrected chi connectivity index (χ1v) is 9.88. The minimum atomic E-state index is -3.88. The molecule has 1 saturated carbocycles. The molecule has 0 saturated heterocycles. The highest BCUT2D eigenvalue weighted by molar-refractivity contribution is 9.10. The molecule has 1 aliphatic carbocycles. The van der Waals surface area contributed by atoms with E-state index in [1.807, 2.05) is 6.92 Å². The predicted octanol–water partition coefficient (Wildman–Crippen LogP) is 3.56. The lowest BCUT2D eigenvalue weighted by Gasteiger charge is -2.22. The van der Waals surface area contributed by atoms with Gasteiger partial charge in [0.1, 0.15) is 0 Å². The summed E-state index contributed by atoms with van der Waals surface area (Å²) in [5.74, 6) is 0.433. The molecule has 0 aromatic heterocycles. The van der Waals surface area contributed by atoms with Crippen LogP contribution in [0, 0.1) is 12.8 Å². The molecule has 1 aliphatic rings. The summed E-state index contributed by atoms with van der Waals surface area (Å²) in [5, 5.41) is 0. The first-order chi connectivity index (χ1) is 9.74. The SMILES string of the molecule is CCN(CC1CC1)C(=O)c1cc(Br)cc(S(=O)(=O)Cl)c1C. The minimum Gasteiger partial charge on any atom is -0.339 e. The van der Waals surface area contributed by atoms with E-state index in [9.17, 15) is 13.2 Å². The molecule has 0 aliphatic heterocycles. The number of nitrogens with zero attached hydrogens (tertiary/aromatic N) is 1. The van der Waals surface area contributed by atoms with E-state index in [0.717, 1.165) is 19.4 Å². The van der Waals surface area contributed by atoms with Crippen LogP contribution in [0.1, 0.15) is 35.7 Å². The van der Waals surface area contributed by atoms with Crippen molar-refractivity contribution in [2.45, 2.75) is 31.6 Å². The van der Waals surface area contributed by atoms with Gasteiger partial charge in [-0.15, -0.1) is 0 Å². The molecule has 1 fully saturated rings. The van der Waals surface area contributed by atoms with Gasteiger partial charge >= 0.3 is 0 Å². The maximum Gasteiger partial charge on any atom is 0.261 e. The molecule has 2 rings (SSSR count).